The first-order valence-electron chi connectivity index (χ1n) is 5.37. The quantitative estimate of drug-likeness (QED) is 0.681. The van der Waals surface area contributed by atoms with E-state index in [2.05, 4.69) is 0 Å². The van der Waals surface area contributed by atoms with Gasteiger partial charge in [0, 0.05) is 11.8 Å². The van der Waals surface area contributed by atoms with Crippen LogP contribution in [0.2, 0.25) is 0 Å². The summed E-state index contributed by atoms with van der Waals surface area (Å²) in [5.74, 6) is 0. The molecule has 1 aromatic rings. The maximum atomic E-state index is 12.4. The molecule has 112 valence electrons. The Balaban J connectivity index is 3.61. The van der Waals surface area contributed by atoms with Gasteiger partial charge in [0.1, 0.15) is 0 Å². The third-order valence-corrected chi connectivity index (χ3v) is 3.81. The predicted octanol–water partition coefficient (Wildman–Crippen LogP) is 2.96. The van der Waals surface area contributed by atoms with Crippen molar-refractivity contribution in [1.29, 1.82) is 0 Å². The normalized spacial score (nSPS) is 12.3. The van der Waals surface area contributed by atoms with E-state index in [1.165, 1.54) is 0 Å². The second-order valence-corrected chi connectivity index (χ2v) is 6.36. The summed E-state index contributed by atoms with van der Waals surface area (Å²) in [6.07, 6.45) is -3.82. The van der Waals surface area contributed by atoms with Crippen molar-refractivity contribution < 1.29 is 26.4 Å². The molecule has 0 aromatic heterocycles. The molecule has 9 heteroatoms. The number of rotatable bonds is 4. The minimum Gasteiger partial charge on any atom is -0.296 e. The summed E-state index contributed by atoms with van der Waals surface area (Å²) in [5, 5.41) is 0.238. The first kappa shape index (κ1) is 16.8. The Morgan fingerprint density at radius 1 is 1.35 bits per heavy atom. The summed E-state index contributed by atoms with van der Waals surface area (Å²) >= 11 is 5.32. The van der Waals surface area contributed by atoms with E-state index >= 15 is 0 Å². The molecule has 0 atom stereocenters. The minimum atomic E-state index is -4.79. The van der Waals surface area contributed by atoms with Gasteiger partial charge < -0.3 is 0 Å². The van der Waals surface area contributed by atoms with Crippen LogP contribution in [-0.2, 0) is 16.3 Å². The van der Waals surface area contributed by atoms with Crippen LogP contribution in [0.1, 0.15) is 22.8 Å². The summed E-state index contributed by atoms with van der Waals surface area (Å²) in [4.78, 5) is 10.6. The van der Waals surface area contributed by atoms with Gasteiger partial charge in [-0.15, -0.1) is 0 Å². The Hall–Kier alpha value is -1.28. The Bertz CT molecular complexity index is 641. The van der Waals surface area contributed by atoms with Crippen LogP contribution in [-0.4, -0.2) is 26.2 Å². The van der Waals surface area contributed by atoms with Crippen LogP contribution < -0.4 is 5.32 Å². The molecule has 0 aliphatic rings. The van der Waals surface area contributed by atoms with Crippen LogP contribution in [0.15, 0.2) is 17.0 Å². The summed E-state index contributed by atoms with van der Waals surface area (Å²) in [5.41, 5.74) is -0.523. The lowest BCUT2D eigenvalue weighted by molar-refractivity contribution is -0.100. The van der Waals surface area contributed by atoms with E-state index in [-0.39, 0.29) is 17.5 Å². The number of anilines is 1. The Morgan fingerprint density at radius 3 is 2.25 bits per heavy atom. The third kappa shape index (κ3) is 4.11. The number of sulfone groups is 1. The van der Waals surface area contributed by atoms with Crippen molar-refractivity contribution in [2.24, 2.45) is 0 Å². The molecule has 0 fully saturated rings. The van der Waals surface area contributed by atoms with Crippen molar-refractivity contribution >= 4 is 32.4 Å². The molecular weight excluding hydrogens is 319 g/mol. The van der Waals surface area contributed by atoms with Crippen molar-refractivity contribution in [3.63, 3.8) is 0 Å². The summed E-state index contributed by atoms with van der Waals surface area (Å²) in [6, 6.07) is 1.83. The Labute approximate surface area is 118 Å². The van der Waals surface area contributed by atoms with Crippen molar-refractivity contribution in [3.8, 4) is 0 Å². The lowest BCUT2D eigenvalue weighted by Gasteiger charge is -2.16. The highest BCUT2D eigenvalue weighted by Crippen LogP contribution is 2.30. The lowest BCUT2D eigenvalue weighted by Crippen LogP contribution is -2.22. The van der Waals surface area contributed by atoms with Crippen LogP contribution in [0.5, 0.6) is 0 Å². The monoisotopic (exact) mass is 329 g/mol. The molecule has 0 aliphatic carbocycles. The highest BCUT2D eigenvalue weighted by molar-refractivity contribution is 7.90. The predicted molar refractivity (Wildman–Crippen MR) is 68.8 cm³/mol. The molecule has 0 saturated heterocycles. The van der Waals surface area contributed by atoms with E-state index in [1.807, 2.05) is 0 Å². The van der Waals surface area contributed by atoms with Crippen molar-refractivity contribution in [3.05, 3.63) is 23.3 Å². The fourth-order valence-electron chi connectivity index (χ4n) is 1.66. The molecule has 4 nitrogen and oxygen atoms in total. The molecule has 1 N–H and O–H groups in total. The second-order valence-electron chi connectivity index (χ2n) is 4.03. The summed E-state index contributed by atoms with van der Waals surface area (Å²) < 4.78 is 60.3. The van der Waals surface area contributed by atoms with E-state index in [4.69, 9.17) is 11.6 Å². The zero-order valence-corrected chi connectivity index (χ0v) is 12.1. The van der Waals surface area contributed by atoms with E-state index < -0.39 is 32.0 Å². The van der Waals surface area contributed by atoms with Crippen LogP contribution in [0.25, 0.3) is 0 Å². The first-order chi connectivity index (χ1) is 8.95. The molecule has 1 rings (SSSR count). The number of carbonyl (C=O) groups is 1. The summed E-state index contributed by atoms with van der Waals surface area (Å²) in [6.45, 7) is 1.61. The number of alkyl halides is 3. The molecule has 0 radical (unpaired) electrons. The molecule has 0 amide bonds. The first-order valence-corrected chi connectivity index (χ1v) is 7.64. The average Bonchev–Trinajstić information content (AvgIpc) is 2.24. The lowest BCUT2D eigenvalue weighted by atomic mass is 10.1. The second kappa shape index (κ2) is 5.61. The molecule has 0 unspecified atom stereocenters. The van der Waals surface area contributed by atoms with Crippen molar-refractivity contribution in [2.45, 2.75) is 24.5 Å². The number of benzene rings is 1. The van der Waals surface area contributed by atoms with Gasteiger partial charge in [0.15, 0.2) is 9.84 Å². The molecule has 0 saturated carbocycles. The molecule has 20 heavy (non-hydrogen) atoms. The molecule has 0 aliphatic heterocycles. The van der Waals surface area contributed by atoms with Gasteiger partial charge in [-0.2, -0.15) is 13.2 Å². The van der Waals surface area contributed by atoms with Crippen LogP contribution >= 0.6 is 11.6 Å². The van der Waals surface area contributed by atoms with Gasteiger partial charge in [0.2, 0.25) is 0 Å². The van der Waals surface area contributed by atoms with Gasteiger partial charge in [0.25, 0.3) is 5.24 Å². The smallest absolute Gasteiger partial charge is 0.296 e. The van der Waals surface area contributed by atoms with Crippen molar-refractivity contribution in [1.82, 2.24) is 0 Å². The van der Waals surface area contributed by atoms with E-state index in [0.29, 0.717) is 0 Å². The molecular formula is C11H11ClF3NO3S. The topological polar surface area (TPSA) is 63.2 Å². The van der Waals surface area contributed by atoms with E-state index in [1.54, 1.807) is 6.92 Å². The van der Waals surface area contributed by atoms with Gasteiger partial charge in [-0.1, -0.05) is 6.92 Å². The summed E-state index contributed by atoms with van der Waals surface area (Å²) in [7, 11) is -3.96. The fourth-order valence-corrected chi connectivity index (χ4v) is 2.67. The SMILES string of the molecule is CCc1cc(NC(F)(F)F)c(S(C)(=O)=O)cc1C(=O)Cl. The van der Waals surface area contributed by atoms with E-state index in [9.17, 15) is 26.4 Å². The Morgan fingerprint density at radius 2 is 1.90 bits per heavy atom. The standard InChI is InChI=1S/C11H11ClF3NO3S/c1-3-6-4-8(16-11(13,14)15)9(20(2,18)19)5-7(6)10(12)17/h4-5,16H,3H2,1-2H3. The molecule has 1 aromatic carbocycles. The molecule has 0 bridgehead atoms. The third-order valence-electron chi connectivity index (χ3n) is 2.47. The molecule has 0 heterocycles. The number of hydrogen-bond donors (Lipinski definition) is 1. The number of hydrogen-bond acceptors (Lipinski definition) is 4. The largest absolute Gasteiger partial charge is 0.482 e. The van der Waals surface area contributed by atoms with Gasteiger partial charge in [-0.05, 0) is 35.7 Å². The van der Waals surface area contributed by atoms with Crippen LogP contribution in [0, 0.1) is 0 Å². The highest BCUT2D eigenvalue weighted by Gasteiger charge is 2.30. The maximum Gasteiger partial charge on any atom is 0.482 e. The number of nitrogens with one attached hydrogen (secondary N) is 1. The zero-order valence-electron chi connectivity index (χ0n) is 10.5. The van der Waals surface area contributed by atoms with Crippen molar-refractivity contribution in [2.75, 3.05) is 11.6 Å². The number of halogens is 4. The maximum absolute atomic E-state index is 12.4. The zero-order chi connectivity index (χ0) is 15.7. The minimum absolute atomic E-state index is 0.123. The highest BCUT2D eigenvalue weighted by atomic mass is 35.5. The number of carbonyl (C=O) groups excluding carboxylic acids is 1. The van der Waals surface area contributed by atoms with Crippen LogP contribution in [0.3, 0.4) is 0 Å². The average molecular weight is 330 g/mol. The molecule has 0 spiro atoms. The van der Waals surface area contributed by atoms with Gasteiger partial charge in [-0.3, -0.25) is 10.1 Å². The van der Waals surface area contributed by atoms with E-state index in [0.717, 1.165) is 23.7 Å². The van der Waals surface area contributed by atoms with Gasteiger partial charge in [-0.25, -0.2) is 8.42 Å². The Kier molecular flexibility index (Phi) is 4.70. The fraction of sp³-hybridized carbons (Fsp3) is 0.364. The van der Waals surface area contributed by atoms with Crippen LogP contribution in [0.4, 0.5) is 18.9 Å². The number of aryl methyl sites for hydroxylation is 1. The van der Waals surface area contributed by atoms with Gasteiger partial charge in [0.05, 0.1) is 10.6 Å². The van der Waals surface area contributed by atoms with Gasteiger partial charge >= 0.3 is 6.30 Å².